The van der Waals surface area contributed by atoms with Gasteiger partial charge in [0.15, 0.2) is 0 Å². The van der Waals surface area contributed by atoms with Crippen LogP contribution < -0.4 is 0 Å². The van der Waals surface area contributed by atoms with Gasteiger partial charge < -0.3 is 0 Å². The summed E-state index contributed by atoms with van der Waals surface area (Å²) in [5.74, 6) is 1.49. The van der Waals surface area contributed by atoms with E-state index in [2.05, 4.69) is 4.99 Å². The Morgan fingerprint density at radius 1 is 1.20 bits per heavy atom. The van der Waals surface area contributed by atoms with Crippen molar-refractivity contribution < 1.29 is 4.79 Å². The van der Waals surface area contributed by atoms with E-state index in [1.165, 1.54) is 25.7 Å². The highest BCUT2D eigenvalue weighted by Gasteiger charge is 2.41. The first-order chi connectivity index (χ1) is 4.92. The lowest BCUT2D eigenvalue weighted by Gasteiger charge is -2.04. The quantitative estimate of drug-likeness (QED) is 0.428. The first-order valence-corrected chi connectivity index (χ1v) is 3.99. The molecule has 0 heterocycles. The zero-order chi connectivity index (χ0) is 6.97. The van der Waals surface area contributed by atoms with Crippen molar-refractivity contribution in [1.29, 1.82) is 0 Å². The summed E-state index contributed by atoms with van der Waals surface area (Å²) in [6, 6.07) is 0.359. The number of carbonyl (C=O) groups excluding carboxylic acids is 1. The molecule has 2 saturated carbocycles. The smallest absolute Gasteiger partial charge is 0.211 e. The lowest BCUT2D eigenvalue weighted by molar-refractivity contribution is 0.513. The Balaban J connectivity index is 1.97. The molecule has 10 heavy (non-hydrogen) atoms. The normalized spacial score (nSPS) is 24.5. The third kappa shape index (κ3) is 1.12. The van der Waals surface area contributed by atoms with E-state index in [1.54, 1.807) is 6.08 Å². The fourth-order valence-corrected chi connectivity index (χ4v) is 1.53. The molecule has 54 valence electrons. The zero-order valence-electron chi connectivity index (χ0n) is 5.92. The summed E-state index contributed by atoms with van der Waals surface area (Å²) < 4.78 is 0. The summed E-state index contributed by atoms with van der Waals surface area (Å²) in [5.41, 5.74) is 0. The number of hydrogen-bond acceptors (Lipinski definition) is 2. The van der Waals surface area contributed by atoms with Crippen LogP contribution in [0.25, 0.3) is 0 Å². The number of isocyanates is 1. The monoisotopic (exact) mass is 137 g/mol. The number of rotatable bonds is 3. The minimum absolute atomic E-state index is 0.359. The Morgan fingerprint density at radius 3 is 2.00 bits per heavy atom. The van der Waals surface area contributed by atoms with Crippen LogP contribution in [0.1, 0.15) is 25.7 Å². The number of hydrogen-bond donors (Lipinski definition) is 0. The zero-order valence-corrected chi connectivity index (χ0v) is 5.92. The van der Waals surface area contributed by atoms with Crippen molar-refractivity contribution in [3.8, 4) is 0 Å². The molecule has 2 fully saturated rings. The third-order valence-electron chi connectivity index (χ3n) is 2.41. The van der Waals surface area contributed by atoms with Crippen LogP contribution in [0.2, 0.25) is 0 Å². The summed E-state index contributed by atoms with van der Waals surface area (Å²) >= 11 is 0. The van der Waals surface area contributed by atoms with Gasteiger partial charge in [-0.05, 0) is 37.5 Å². The van der Waals surface area contributed by atoms with Crippen LogP contribution in [-0.2, 0) is 4.79 Å². The predicted molar refractivity (Wildman–Crippen MR) is 37.4 cm³/mol. The minimum Gasteiger partial charge on any atom is -0.211 e. The van der Waals surface area contributed by atoms with Crippen molar-refractivity contribution in [3.05, 3.63) is 0 Å². The summed E-state index contributed by atoms with van der Waals surface area (Å²) in [7, 11) is 0. The highest BCUT2D eigenvalue weighted by atomic mass is 16.1. The molecule has 2 aliphatic rings. The van der Waals surface area contributed by atoms with Crippen LogP contribution in [-0.4, -0.2) is 12.1 Å². The fourth-order valence-electron chi connectivity index (χ4n) is 1.53. The first kappa shape index (κ1) is 6.11. The molecule has 0 aromatic carbocycles. The molecule has 2 heteroatoms. The molecule has 0 N–H and O–H groups in total. The van der Waals surface area contributed by atoms with Gasteiger partial charge in [0.2, 0.25) is 6.08 Å². The molecule has 2 aliphatic carbocycles. The van der Waals surface area contributed by atoms with E-state index in [9.17, 15) is 4.79 Å². The number of aliphatic imine (C=N–C) groups is 1. The van der Waals surface area contributed by atoms with Gasteiger partial charge >= 0.3 is 0 Å². The van der Waals surface area contributed by atoms with Gasteiger partial charge in [-0.1, -0.05) is 0 Å². The maximum absolute atomic E-state index is 9.99. The summed E-state index contributed by atoms with van der Waals surface area (Å²) in [5, 5.41) is 0. The van der Waals surface area contributed by atoms with E-state index >= 15 is 0 Å². The van der Waals surface area contributed by atoms with Gasteiger partial charge in [0.1, 0.15) is 0 Å². The molecular weight excluding hydrogens is 126 g/mol. The van der Waals surface area contributed by atoms with Gasteiger partial charge in [-0.2, -0.15) is 0 Å². The maximum atomic E-state index is 9.99. The number of nitrogens with zero attached hydrogens (tertiary/aromatic N) is 1. The average molecular weight is 137 g/mol. The molecule has 0 aromatic rings. The van der Waals surface area contributed by atoms with Crippen LogP contribution in [0.4, 0.5) is 0 Å². The molecule has 0 spiro atoms. The van der Waals surface area contributed by atoms with Gasteiger partial charge in [-0.3, -0.25) is 0 Å². The molecule has 0 aromatic heterocycles. The average Bonchev–Trinajstić information content (AvgIpc) is 2.77. The maximum Gasteiger partial charge on any atom is 0.235 e. The van der Waals surface area contributed by atoms with Crippen molar-refractivity contribution in [2.24, 2.45) is 16.8 Å². The molecule has 0 atom stereocenters. The van der Waals surface area contributed by atoms with Crippen LogP contribution in [0.5, 0.6) is 0 Å². The SMILES string of the molecule is O=C=NC(C1CC1)C1CC1. The fraction of sp³-hybridized carbons (Fsp3) is 0.875. The summed E-state index contributed by atoms with van der Waals surface area (Å²) in [6.45, 7) is 0. The second kappa shape index (κ2) is 2.21. The second-order valence-electron chi connectivity index (χ2n) is 3.39. The van der Waals surface area contributed by atoms with Gasteiger partial charge in [-0.25, -0.2) is 9.79 Å². The van der Waals surface area contributed by atoms with Crippen molar-refractivity contribution in [2.45, 2.75) is 31.7 Å². The van der Waals surface area contributed by atoms with Crippen molar-refractivity contribution >= 4 is 6.08 Å². The largest absolute Gasteiger partial charge is 0.235 e. The molecule has 0 amide bonds. The third-order valence-corrected chi connectivity index (χ3v) is 2.41. The molecule has 0 saturated heterocycles. The lowest BCUT2D eigenvalue weighted by atomic mass is 10.1. The molecule has 0 bridgehead atoms. The highest BCUT2D eigenvalue weighted by molar-refractivity contribution is 5.34. The highest BCUT2D eigenvalue weighted by Crippen LogP contribution is 2.46. The summed E-state index contributed by atoms with van der Waals surface area (Å²) in [4.78, 5) is 13.8. The van der Waals surface area contributed by atoms with Crippen molar-refractivity contribution in [1.82, 2.24) is 0 Å². The summed E-state index contributed by atoms with van der Waals surface area (Å²) in [6.07, 6.45) is 6.82. The molecular formula is C8H11NO. The van der Waals surface area contributed by atoms with Gasteiger partial charge in [0, 0.05) is 0 Å². The molecule has 2 nitrogen and oxygen atoms in total. The van der Waals surface area contributed by atoms with Gasteiger partial charge in [0.25, 0.3) is 0 Å². The molecule has 0 aliphatic heterocycles. The predicted octanol–water partition coefficient (Wildman–Crippen LogP) is 1.51. The Labute approximate surface area is 60.3 Å². The molecule has 0 radical (unpaired) electrons. The topological polar surface area (TPSA) is 29.4 Å². The standard InChI is InChI=1S/C8H11NO/c10-5-9-8(6-1-2-6)7-3-4-7/h6-8H,1-4H2. The van der Waals surface area contributed by atoms with E-state index in [0.29, 0.717) is 6.04 Å². The Morgan fingerprint density at radius 2 is 1.70 bits per heavy atom. The Hall–Kier alpha value is -0.620. The van der Waals surface area contributed by atoms with Crippen LogP contribution in [0, 0.1) is 11.8 Å². The van der Waals surface area contributed by atoms with Gasteiger partial charge in [-0.15, -0.1) is 0 Å². The van der Waals surface area contributed by atoms with E-state index in [0.717, 1.165) is 11.8 Å². The molecule has 0 unspecified atom stereocenters. The molecule has 2 rings (SSSR count). The van der Waals surface area contributed by atoms with E-state index in [-0.39, 0.29) is 0 Å². The first-order valence-electron chi connectivity index (χ1n) is 3.99. The minimum atomic E-state index is 0.359. The van der Waals surface area contributed by atoms with E-state index in [1.807, 2.05) is 0 Å². The van der Waals surface area contributed by atoms with E-state index < -0.39 is 0 Å². The van der Waals surface area contributed by atoms with Crippen LogP contribution >= 0.6 is 0 Å². The van der Waals surface area contributed by atoms with Crippen LogP contribution in [0.3, 0.4) is 0 Å². The lowest BCUT2D eigenvalue weighted by Crippen LogP contribution is -2.08. The van der Waals surface area contributed by atoms with Crippen molar-refractivity contribution in [2.75, 3.05) is 0 Å². The second-order valence-corrected chi connectivity index (χ2v) is 3.39. The van der Waals surface area contributed by atoms with E-state index in [4.69, 9.17) is 0 Å². The van der Waals surface area contributed by atoms with Crippen LogP contribution in [0.15, 0.2) is 4.99 Å². The Bertz CT molecular complexity index is 164. The Kier molecular flexibility index (Phi) is 1.35. The van der Waals surface area contributed by atoms with Gasteiger partial charge in [0.05, 0.1) is 6.04 Å². The van der Waals surface area contributed by atoms with Crippen molar-refractivity contribution in [3.63, 3.8) is 0 Å².